The number of rotatable bonds is 5. The number of hydrogen-bond acceptors (Lipinski definition) is 1. The number of carbonyl (C=O) groups is 1. The lowest BCUT2D eigenvalue weighted by molar-refractivity contribution is -0.126. The lowest BCUT2D eigenvalue weighted by Crippen LogP contribution is -2.45. The second-order valence-electron chi connectivity index (χ2n) is 7.01. The monoisotopic (exact) mass is 253 g/mol. The molecular weight excluding hydrogens is 222 g/mol. The standard InChI is InChI=1S/C16H31NO/c1-6-8-13(7-2)15(18)17-14-9-12(3)10-16(4,5)11-14/h12-14H,6-11H2,1-5H3,(H,17,18). The fourth-order valence-electron chi connectivity index (χ4n) is 3.64. The summed E-state index contributed by atoms with van der Waals surface area (Å²) < 4.78 is 0. The van der Waals surface area contributed by atoms with Crippen LogP contribution >= 0.6 is 0 Å². The lowest BCUT2D eigenvalue weighted by Gasteiger charge is -2.39. The van der Waals surface area contributed by atoms with Crippen LogP contribution in [0.2, 0.25) is 0 Å². The summed E-state index contributed by atoms with van der Waals surface area (Å²) in [4.78, 5) is 12.2. The average molecular weight is 253 g/mol. The quantitative estimate of drug-likeness (QED) is 0.783. The van der Waals surface area contributed by atoms with Gasteiger partial charge in [0.25, 0.3) is 0 Å². The van der Waals surface area contributed by atoms with Gasteiger partial charge in [-0.2, -0.15) is 0 Å². The minimum atomic E-state index is 0.218. The zero-order valence-corrected chi connectivity index (χ0v) is 12.9. The Morgan fingerprint density at radius 3 is 2.50 bits per heavy atom. The third-order valence-corrected chi connectivity index (χ3v) is 4.23. The highest BCUT2D eigenvalue weighted by Gasteiger charge is 2.33. The van der Waals surface area contributed by atoms with Crippen LogP contribution in [0.15, 0.2) is 0 Å². The Bertz CT molecular complexity index is 272. The summed E-state index contributed by atoms with van der Waals surface area (Å²) in [6, 6.07) is 0.391. The molecule has 0 aromatic heterocycles. The van der Waals surface area contributed by atoms with Gasteiger partial charge in [0.05, 0.1) is 0 Å². The van der Waals surface area contributed by atoms with Crippen LogP contribution in [0.5, 0.6) is 0 Å². The first-order valence-electron chi connectivity index (χ1n) is 7.68. The summed E-state index contributed by atoms with van der Waals surface area (Å²) in [5.41, 5.74) is 0.377. The van der Waals surface area contributed by atoms with Crippen molar-refractivity contribution >= 4 is 5.91 Å². The highest BCUT2D eigenvalue weighted by atomic mass is 16.1. The maximum Gasteiger partial charge on any atom is 0.223 e. The molecule has 3 unspecified atom stereocenters. The molecule has 1 aliphatic carbocycles. The molecule has 0 aromatic rings. The Kier molecular flexibility index (Phi) is 5.68. The molecule has 0 radical (unpaired) electrons. The van der Waals surface area contributed by atoms with Gasteiger partial charge in [0, 0.05) is 12.0 Å². The van der Waals surface area contributed by atoms with Gasteiger partial charge in [-0.05, 0) is 43.4 Å². The first kappa shape index (κ1) is 15.5. The molecule has 1 N–H and O–H groups in total. The average Bonchev–Trinajstić information content (AvgIpc) is 2.22. The van der Waals surface area contributed by atoms with Crippen LogP contribution < -0.4 is 5.32 Å². The first-order chi connectivity index (χ1) is 8.38. The molecule has 1 saturated carbocycles. The van der Waals surface area contributed by atoms with Crippen molar-refractivity contribution in [2.24, 2.45) is 17.3 Å². The number of hydrogen-bond donors (Lipinski definition) is 1. The number of carbonyl (C=O) groups excluding carboxylic acids is 1. The molecule has 0 spiro atoms. The summed E-state index contributed by atoms with van der Waals surface area (Å²) in [7, 11) is 0. The van der Waals surface area contributed by atoms with Gasteiger partial charge >= 0.3 is 0 Å². The molecule has 2 nitrogen and oxygen atoms in total. The van der Waals surface area contributed by atoms with Crippen LogP contribution in [0.25, 0.3) is 0 Å². The zero-order valence-electron chi connectivity index (χ0n) is 12.9. The van der Waals surface area contributed by atoms with Crippen LogP contribution in [-0.4, -0.2) is 11.9 Å². The fraction of sp³-hybridized carbons (Fsp3) is 0.938. The molecule has 106 valence electrons. The molecule has 0 heterocycles. The summed E-state index contributed by atoms with van der Waals surface area (Å²) in [6.45, 7) is 11.2. The molecule has 0 aromatic carbocycles. The molecular formula is C16H31NO. The minimum Gasteiger partial charge on any atom is -0.353 e. The van der Waals surface area contributed by atoms with E-state index in [1.54, 1.807) is 0 Å². The number of amides is 1. The van der Waals surface area contributed by atoms with E-state index in [0.29, 0.717) is 11.5 Å². The maximum atomic E-state index is 12.2. The Morgan fingerprint density at radius 1 is 1.33 bits per heavy atom. The van der Waals surface area contributed by atoms with Crippen molar-refractivity contribution in [2.75, 3.05) is 0 Å². The van der Waals surface area contributed by atoms with Crippen molar-refractivity contribution in [1.82, 2.24) is 5.32 Å². The summed E-state index contributed by atoms with van der Waals surface area (Å²) in [5.74, 6) is 1.23. The van der Waals surface area contributed by atoms with E-state index in [1.165, 1.54) is 6.42 Å². The predicted octanol–water partition coefficient (Wildman–Crippen LogP) is 4.14. The molecule has 1 amide bonds. The van der Waals surface area contributed by atoms with Gasteiger partial charge in [-0.3, -0.25) is 4.79 Å². The van der Waals surface area contributed by atoms with E-state index >= 15 is 0 Å². The van der Waals surface area contributed by atoms with Crippen LogP contribution in [0.1, 0.15) is 73.1 Å². The van der Waals surface area contributed by atoms with Gasteiger partial charge in [-0.1, -0.05) is 41.0 Å². The Hall–Kier alpha value is -0.530. The van der Waals surface area contributed by atoms with Crippen molar-refractivity contribution in [2.45, 2.75) is 79.2 Å². The molecule has 1 rings (SSSR count). The van der Waals surface area contributed by atoms with Crippen molar-refractivity contribution in [1.29, 1.82) is 0 Å². The van der Waals surface area contributed by atoms with Crippen molar-refractivity contribution in [3.05, 3.63) is 0 Å². The summed E-state index contributed by atoms with van der Waals surface area (Å²) in [6.07, 6.45) is 6.65. The van der Waals surface area contributed by atoms with E-state index in [1.807, 2.05) is 0 Å². The van der Waals surface area contributed by atoms with Crippen LogP contribution in [0, 0.1) is 17.3 Å². The molecule has 1 fully saturated rings. The highest BCUT2D eigenvalue weighted by molar-refractivity contribution is 5.78. The molecule has 18 heavy (non-hydrogen) atoms. The molecule has 0 aliphatic heterocycles. The van der Waals surface area contributed by atoms with Crippen LogP contribution in [-0.2, 0) is 4.79 Å². The maximum absolute atomic E-state index is 12.2. The Labute approximate surface area is 113 Å². The normalized spacial score (nSPS) is 28.7. The van der Waals surface area contributed by atoms with Crippen LogP contribution in [0.3, 0.4) is 0 Å². The van der Waals surface area contributed by atoms with Gasteiger partial charge < -0.3 is 5.32 Å². The summed E-state index contributed by atoms with van der Waals surface area (Å²) in [5, 5.41) is 3.30. The van der Waals surface area contributed by atoms with E-state index < -0.39 is 0 Å². The zero-order chi connectivity index (χ0) is 13.8. The molecule has 3 atom stereocenters. The summed E-state index contributed by atoms with van der Waals surface area (Å²) >= 11 is 0. The Morgan fingerprint density at radius 2 is 2.00 bits per heavy atom. The van der Waals surface area contributed by atoms with Gasteiger partial charge in [0.2, 0.25) is 5.91 Å². The fourth-order valence-corrected chi connectivity index (χ4v) is 3.64. The van der Waals surface area contributed by atoms with Gasteiger partial charge in [0.15, 0.2) is 0 Å². The lowest BCUT2D eigenvalue weighted by atomic mass is 9.70. The number of nitrogens with one attached hydrogen (secondary N) is 1. The van der Waals surface area contributed by atoms with Crippen molar-refractivity contribution in [3.63, 3.8) is 0 Å². The highest BCUT2D eigenvalue weighted by Crippen LogP contribution is 2.38. The van der Waals surface area contributed by atoms with Crippen molar-refractivity contribution < 1.29 is 4.79 Å². The smallest absolute Gasteiger partial charge is 0.223 e. The first-order valence-corrected chi connectivity index (χ1v) is 7.68. The molecule has 0 bridgehead atoms. The predicted molar refractivity (Wildman–Crippen MR) is 77.4 cm³/mol. The molecule has 2 heteroatoms. The van der Waals surface area contributed by atoms with E-state index in [0.717, 1.165) is 38.0 Å². The van der Waals surface area contributed by atoms with Gasteiger partial charge in [-0.25, -0.2) is 0 Å². The van der Waals surface area contributed by atoms with Crippen LogP contribution in [0.4, 0.5) is 0 Å². The third-order valence-electron chi connectivity index (χ3n) is 4.23. The molecule has 1 aliphatic rings. The van der Waals surface area contributed by atoms with Crippen molar-refractivity contribution in [3.8, 4) is 0 Å². The van der Waals surface area contributed by atoms with E-state index in [9.17, 15) is 4.79 Å². The largest absolute Gasteiger partial charge is 0.353 e. The van der Waals surface area contributed by atoms with Gasteiger partial charge in [-0.15, -0.1) is 0 Å². The Balaban J connectivity index is 2.53. The van der Waals surface area contributed by atoms with E-state index in [4.69, 9.17) is 0 Å². The second kappa shape index (κ2) is 6.58. The van der Waals surface area contributed by atoms with Gasteiger partial charge in [0.1, 0.15) is 0 Å². The topological polar surface area (TPSA) is 29.1 Å². The third kappa shape index (κ3) is 4.62. The van der Waals surface area contributed by atoms with E-state index in [-0.39, 0.29) is 11.8 Å². The second-order valence-corrected chi connectivity index (χ2v) is 7.01. The molecule has 0 saturated heterocycles. The van der Waals surface area contributed by atoms with E-state index in [2.05, 4.69) is 39.9 Å². The minimum absolute atomic E-state index is 0.218. The SMILES string of the molecule is CCCC(CC)C(=O)NC1CC(C)CC(C)(C)C1.